The second-order valence-corrected chi connectivity index (χ2v) is 7.29. The molecular weight excluding hydrogens is 282 g/mol. The molecule has 1 atom stereocenters. The summed E-state index contributed by atoms with van der Waals surface area (Å²) in [4.78, 5) is 2.62. The monoisotopic (exact) mass is 309 g/mol. The third kappa shape index (κ3) is 3.50. The Hall–Kier alpha value is -1.61. The van der Waals surface area contributed by atoms with E-state index in [0.29, 0.717) is 6.04 Å². The van der Waals surface area contributed by atoms with Crippen LogP contribution in [0.4, 0.5) is 0 Å². The van der Waals surface area contributed by atoms with Crippen molar-refractivity contribution in [2.45, 2.75) is 51.6 Å². The first-order chi connectivity index (χ1) is 11.3. The van der Waals surface area contributed by atoms with Gasteiger partial charge in [-0.15, -0.1) is 0 Å². The van der Waals surface area contributed by atoms with E-state index in [1.54, 1.807) is 0 Å². The standard InChI is InChI=1S/C20H27N3/c1-16(22-11-3-2-4-12-22)18-7-9-19(10-8-18)20-13-21-23(15-20)14-17-5-6-17/h7-10,13,15-17H,2-6,11-12,14H2,1H3. The van der Waals surface area contributed by atoms with Crippen LogP contribution in [0.3, 0.4) is 0 Å². The van der Waals surface area contributed by atoms with Gasteiger partial charge in [-0.2, -0.15) is 5.10 Å². The Labute approximate surface area is 139 Å². The molecule has 2 heterocycles. The number of rotatable bonds is 5. The highest BCUT2D eigenvalue weighted by Gasteiger charge is 2.22. The Morgan fingerprint density at radius 3 is 2.48 bits per heavy atom. The van der Waals surface area contributed by atoms with Crippen LogP contribution in [0.25, 0.3) is 11.1 Å². The van der Waals surface area contributed by atoms with Crippen molar-refractivity contribution in [2.24, 2.45) is 5.92 Å². The van der Waals surface area contributed by atoms with Crippen LogP contribution >= 0.6 is 0 Å². The second-order valence-electron chi connectivity index (χ2n) is 7.29. The predicted molar refractivity (Wildman–Crippen MR) is 94.2 cm³/mol. The van der Waals surface area contributed by atoms with E-state index in [1.165, 1.54) is 61.9 Å². The molecule has 0 N–H and O–H groups in total. The van der Waals surface area contributed by atoms with Gasteiger partial charge in [-0.05, 0) is 62.7 Å². The molecule has 1 aromatic carbocycles. The second kappa shape index (κ2) is 6.48. The Bertz CT molecular complexity index is 633. The first-order valence-corrected chi connectivity index (χ1v) is 9.16. The lowest BCUT2D eigenvalue weighted by Gasteiger charge is -2.32. The third-order valence-corrected chi connectivity index (χ3v) is 5.44. The molecule has 0 bridgehead atoms. The summed E-state index contributed by atoms with van der Waals surface area (Å²) in [6.45, 7) is 5.92. The molecule has 1 aliphatic carbocycles. The van der Waals surface area contributed by atoms with Gasteiger partial charge < -0.3 is 0 Å². The maximum atomic E-state index is 4.51. The number of likely N-dealkylation sites (tertiary alicyclic amines) is 1. The lowest BCUT2D eigenvalue weighted by molar-refractivity contribution is 0.175. The quantitative estimate of drug-likeness (QED) is 0.810. The van der Waals surface area contributed by atoms with Gasteiger partial charge >= 0.3 is 0 Å². The Morgan fingerprint density at radius 2 is 1.78 bits per heavy atom. The summed E-state index contributed by atoms with van der Waals surface area (Å²) in [5.41, 5.74) is 3.95. The summed E-state index contributed by atoms with van der Waals surface area (Å²) in [6, 6.07) is 9.64. The topological polar surface area (TPSA) is 21.1 Å². The molecule has 1 aromatic heterocycles. The maximum Gasteiger partial charge on any atom is 0.0568 e. The molecular formula is C20H27N3. The molecule has 1 aliphatic heterocycles. The van der Waals surface area contributed by atoms with Crippen molar-refractivity contribution in [1.82, 2.24) is 14.7 Å². The Balaban J connectivity index is 1.45. The van der Waals surface area contributed by atoms with Crippen LogP contribution in [-0.2, 0) is 6.54 Å². The van der Waals surface area contributed by atoms with Crippen molar-refractivity contribution >= 4 is 0 Å². The van der Waals surface area contributed by atoms with E-state index in [2.05, 4.69) is 52.1 Å². The highest BCUT2D eigenvalue weighted by molar-refractivity contribution is 5.62. The van der Waals surface area contributed by atoms with E-state index in [1.807, 2.05) is 6.20 Å². The van der Waals surface area contributed by atoms with E-state index < -0.39 is 0 Å². The molecule has 0 spiro atoms. The van der Waals surface area contributed by atoms with Crippen LogP contribution in [-0.4, -0.2) is 27.8 Å². The Morgan fingerprint density at radius 1 is 1.04 bits per heavy atom. The zero-order chi connectivity index (χ0) is 15.6. The molecule has 1 saturated carbocycles. The normalized spacial score (nSPS) is 20.6. The fourth-order valence-corrected chi connectivity index (χ4v) is 3.65. The van der Waals surface area contributed by atoms with Crippen molar-refractivity contribution in [3.8, 4) is 11.1 Å². The van der Waals surface area contributed by atoms with E-state index in [-0.39, 0.29) is 0 Å². The zero-order valence-electron chi connectivity index (χ0n) is 14.1. The summed E-state index contributed by atoms with van der Waals surface area (Å²) >= 11 is 0. The van der Waals surface area contributed by atoms with Gasteiger partial charge in [0.1, 0.15) is 0 Å². The summed E-state index contributed by atoms with van der Waals surface area (Å²) in [5, 5.41) is 4.51. The van der Waals surface area contributed by atoms with Crippen molar-refractivity contribution < 1.29 is 0 Å². The maximum absolute atomic E-state index is 4.51. The van der Waals surface area contributed by atoms with Gasteiger partial charge in [0.2, 0.25) is 0 Å². The predicted octanol–water partition coefficient (Wildman–Crippen LogP) is 4.51. The van der Waals surface area contributed by atoms with Gasteiger partial charge in [-0.25, -0.2) is 0 Å². The number of hydrogen-bond donors (Lipinski definition) is 0. The Kier molecular flexibility index (Phi) is 4.21. The molecule has 23 heavy (non-hydrogen) atoms. The van der Waals surface area contributed by atoms with Crippen molar-refractivity contribution in [3.63, 3.8) is 0 Å². The van der Waals surface area contributed by atoms with Gasteiger partial charge in [-0.3, -0.25) is 9.58 Å². The molecule has 2 aliphatic rings. The van der Waals surface area contributed by atoms with Gasteiger partial charge in [0.05, 0.1) is 6.20 Å². The van der Waals surface area contributed by atoms with E-state index >= 15 is 0 Å². The van der Waals surface area contributed by atoms with Crippen LogP contribution in [0.1, 0.15) is 50.6 Å². The lowest BCUT2D eigenvalue weighted by atomic mass is 10.0. The first kappa shape index (κ1) is 14.9. The number of piperidine rings is 1. The minimum Gasteiger partial charge on any atom is -0.297 e. The fraction of sp³-hybridized carbons (Fsp3) is 0.550. The van der Waals surface area contributed by atoms with Crippen molar-refractivity contribution in [2.75, 3.05) is 13.1 Å². The van der Waals surface area contributed by atoms with Gasteiger partial charge in [0.25, 0.3) is 0 Å². The highest BCUT2D eigenvalue weighted by Crippen LogP contribution is 2.31. The molecule has 0 radical (unpaired) electrons. The molecule has 2 fully saturated rings. The van der Waals surface area contributed by atoms with Crippen molar-refractivity contribution in [1.29, 1.82) is 0 Å². The van der Waals surface area contributed by atoms with Crippen LogP contribution < -0.4 is 0 Å². The van der Waals surface area contributed by atoms with Gasteiger partial charge in [0, 0.05) is 24.3 Å². The van der Waals surface area contributed by atoms with Crippen LogP contribution in [0, 0.1) is 5.92 Å². The largest absolute Gasteiger partial charge is 0.297 e. The summed E-state index contributed by atoms with van der Waals surface area (Å²) in [7, 11) is 0. The summed E-state index contributed by atoms with van der Waals surface area (Å²) in [6.07, 6.45) is 11.0. The SMILES string of the molecule is CC(c1ccc(-c2cnn(CC3CC3)c2)cc1)N1CCCCC1. The van der Waals surface area contributed by atoms with Gasteiger partial charge in [0.15, 0.2) is 0 Å². The summed E-state index contributed by atoms with van der Waals surface area (Å²) in [5.74, 6) is 0.871. The lowest BCUT2D eigenvalue weighted by Crippen LogP contribution is -2.32. The minimum absolute atomic E-state index is 0.530. The highest BCUT2D eigenvalue weighted by atomic mass is 15.3. The van der Waals surface area contributed by atoms with Crippen molar-refractivity contribution in [3.05, 3.63) is 42.2 Å². The van der Waals surface area contributed by atoms with Crippen LogP contribution in [0.2, 0.25) is 0 Å². The molecule has 3 heteroatoms. The molecule has 122 valence electrons. The number of hydrogen-bond acceptors (Lipinski definition) is 2. The van der Waals surface area contributed by atoms with Crippen LogP contribution in [0.5, 0.6) is 0 Å². The minimum atomic E-state index is 0.530. The van der Waals surface area contributed by atoms with E-state index in [4.69, 9.17) is 0 Å². The zero-order valence-corrected chi connectivity index (χ0v) is 14.1. The molecule has 3 nitrogen and oxygen atoms in total. The van der Waals surface area contributed by atoms with E-state index in [9.17, 15) is 0 Å². The molecule has 1 saturated heterocycles. The summed E-state index contributed by atoms with van der Waals surface area (Å²) < 4.78 is 2.11. The average molecular weight is 309 g/mol. The number of nitrogens with zero attached hydrogens (tertiary/aromatic N) is 3. The van der Waals surface area contributed by atoms with Crippen LogP contribution in [0.15, 0.2) is 36.7 Å². The molecule has 2 aromatic rings. The van der Waals surface area contributed by atoms with Gasteiger partial charge in [-0.1, -0.05) is 30.7 Å². The molecule has 4 rings (SSSR count). The number of aromatic nitrogens is 2. The smallest absolute Gasteiger partial charge is 0.0568 e. The fourth-order valence-electron chi connectivity index (χ4n) is 3.65. The average Bonchev–Trinajstić information content (AvgIpc) is 3.30. The molecule has 1 unspecified atom stereocenters. The third-order valence-electron chi connectivity index (χ3n) is 5.44. The molecule has 0 amide bonds. The first-order valence-electron chi connectivity index (χ1n) is 9.16. The number of benzene rings is 1. The van der Waals surface area contributed by atoms with E-state index in [0.717, 1.165) is 12.5 Å².